The van der Waals surface area contributed by atoms with Gasteiger partial charge in [0.25, 0.3) is 0 Å². The Morgan fingerprint density at radius 2 is 0.689 bits per heavy atom. The number of hydrogen-bond donors (Lipinski definition) is 2. The maximum Gasteiger partial charge on any atom is 0.472 e. The van der Waals surface area contributed by atoms with Gasteiger partial charge in [0.05, 0.1) is 19.8 Å². The van der Waals surface area contributed by atoms with Crippen LogP contribution in [0.5, 0.6) is 0 Å². The molecule has 0 saturated heterocycles. The van der Waals surface area contributed by atoms with Gasteiger partial charge in [0.15, 0.2) is 6.10 Å². The van der Waals surface area contributed by atoms with Crippen LogP contribution in [0.1, 0.15) is 290 Å². The molecule has 3 unspecified atom stereocenters. The molecule has 0 bridgehead atoms. The molecule has 3 atom stereocenters. The molecule has 0 aliphatic heterocycles. The number of carbonyl (C=O) groups is 3. The van der Waals surface area contributed by atoms with Gasteiger partial charge in [0.1, 0.15) is 12.7 Å². The number of phosphoric ester groups is 1. The number of ether oxygens (including phenoxy) is 3. The molecular weight excluding hydrogens is 952 g/mol. The predicted molar refractivity (Wildman–Crippen MR) is 307 cm³/mol. The van der Waals surface area contributed by atoms with Crippen molar-refractivity contribution in [2.75, 3.05) is 26.4 Å². The molecule has 74 heavy (non-hydrogen) atoms. The summed E-state index contributed by atoms with van der Waals surface area (Å²) in [7, 11) is -4.75. The summed E-state index contributed by atoms with van der Waals surface area (Å²) in [4.78, 5) is 48.6. The number of unbranched alkanes of at least 4 members (excludes halogenated alkanes) is 32. The van der Waals surface area contributed by atoms with E-state index in [0.29, 0.717) is 19.3 Å². The van der Waals surface area contributed by atoms with E-state index >= 15 is 0 Å². The van der Waals surface area contributed by atoms with Gasteiger partial charge in [-0.2, -0.15) is 0 Å². The lowest BCUT2D eigenvalue weighted by Crippen LogP contribution is -2.30. The molecule has 0 amide bonds. The molecule has 0 aromatic heterocycles. The smallest absolute Gasteiger partial charge is 0.462 e. The van der Waals surface area contributed by atoms with E-state index in [1.165, 1.54) is 122 Å². The van der Waals surface area contributed by atoms with Crippen LogP contribution < -0.4 is 0 Å². The van der Waals surface area contributed by atoms with Crippen molar-refractivity contribution in [2.45, 2.75) is 303 Å². The minimum absolute atomic E-state index is 0.162. The SMILES string of the molecule is CCC/C=C\C/C=C\CCCCCCCC(=O)OCC(COP(=O)(O)OCC(CO)OC(=O)CCCCCCC/C=C\C/C=C\CCCCC)OC(=O)CCCCCCCCCCCCCCCCCCCCC. The van der Waals surface area contributed by atoms with E-state index in [0.717, 1.165) is 109 Å². The van der Waals surface area contributed by atoms with Crippen molar-refractivity contribution in [3.05, 3.63) is 48.6 Å². The minimum Gasteiger partial charge on any atom is -0.462 e. The molecule has 0 saturated carbocycles. The van der Waals surface area contributed by atoms with Crippen LogP contribution >= 0.6 is 7.82 Å². The Hall–Kier alpha value is -2.56. The summed E-state index contributed by atoms with van der Waals surface area (Å²) in [6.45, 7) is 4.57. The average molecular weight is 1070 g/mol. The first-order chi connectivity index (χ1) is 36.2. The number of carbonyl (C=O) groups excluding carboxylic acids is 3. The lowest BCUT2D eigenvalue weighted by atomic mass is 10.0. The summed E-state index contributed by atoms with van der Waals surface area (Å²) in [5, 5.41) is 9.82. The first-order valence-electron chi connectivity index (χ1n) is 30.5. The van der Waals surface area contributed by atoms with Crippen molar-refractivity contribution >= 4 is 25.7 Å². The molecule has 11 nitrogen and oxygen atoms in total. The zero-order valence-electron chi connectivity index (χ0n) is 47.8. The van der Waals surface area contributed by atoms with Gasteiger partial charge in [-0.25, -0.2) is 4.57 Å². The molecule has 0 rings (SSSR count). The van der Waals surface area contributed by atoms with Crippen molar-refractivity contribution in [3.63, 3.8) is 0 Å². The topological polar surface area (TPSA) is 155 Å². The monoisotopic (exact) mass is 1060 g/mol. The number of allylic oxidation sites excluding steroid dienone is 8. The molecule has 432 valence electrons. The Morgan fingerprint density at radius 3 is 1.08 bits per heavy atom. The van der Waals surface area contributed by atoms with Gasteiger partial charge in [-0.3, -0.25) is 23.4 Å². The molecule has 0 spiro atoms. The summed E-state index contributed by atoms with van der Waals surface area (Å²) in [5.74, 6) is -1.48. The Bertz CT molecular complexity index is 1430. The van der Waals surface area contributed by atoms with E-state index in [1.54, 1.807) is 0 Å². The number of esters is 3. The highest BCUT2D eigenvalue weighted by molar-refractivity contribution is 7.47. The highest BCUT2D eigenvalue weighted by Crippen LogP contribution is 2.43. The zero-order chi connectivity index (χ0) is 54.1. The van der Waals surface area contributed by atoms with Crippen LogP contribution in [0.25, 0.3) is 0 Å². The van der Waals surface area contributed by atoms with E-state index in [1.807, 2.05) is 0 Å². The van der Waals surface area contributed by atoms with E-state index in [4.69, 9.17) is 23.3 Å². The normalized spacial score (nSPS) is 13.6. The zero-order valence-corrected chi connectivity index (χ0v) is 48.7. The molecular formula is C62H113O11P. The predicted octanol–water partition coefficient (Wildman–Crippen LogP) is 18.1. The molecule has 0 heterocycles. The highest BCUT2D eigenvalue weighted by atomic mass is 31.2. The van der Waals surface area contributed by atoms with Gasteiger partial charge >= 0.3 is 25.7 Å². The van der Waals surface area contributed by atoms with Crippen molar-refractivity contribution in [3.8, 4) is 0 Å². The van der Waals surface area contributed by atoms with Crippen LogP contribution in [0.4, 0.5) is 0 Å². The van der Waals surface area contributed by atoms with Gasteiger partial charge in [-0.15, -0.1) is 0 Å². The molecule has 0 radical (unpaired) electrons. The van der Waals surface area contributed by atoms with Crippen LogP contribution in [0.3, 0.4) is 0 Å². The summed E-state index contributed by atoms with van der Waals surface area (Å²) < 4.78 is 39.6. The number of aliphatic hydroxyl groups excluding tert-OH is 1. The van der Waals surface area contributed by atoms with Crippen LogP contribution in [-0.2, 0) is 42.2 Å². The molecule has 0 aliphatic rings. The lowest BCUT2D eigenvalue weighted by Gasteiger charge is -2.21. The molecule has 0 aromatic carbocycles. The first kappa shape index (κ1) is 71.4. The molecule has 0 aromatic rings. The summed E-state index contributed by atoms with van der Waals surface area (Å²) in [6.07, 6.45) is 60.7. The summed E-state index contributed by atoms with van der Waals surface area (Å²) in [5.41, 5.74) is 0. The third-order valence-electron chi connectivity index (χ3n) is 13.2. The quantitative estimate of drug-likeness (QED) is 0.0197. The van der Waals surface area contributed by atoms with Gasteiger partial charge in [-0.05, 0) is 77.0 Å². The standard InChI is InChI=1S/C62H113O11P/c1-4-7-10-13-16-19-22-25-27-28-29-30-32-35-38-41-44-47-50-53-62(66)73-59(55-69-60(64)51-48-45-42-39-36-33-24-21-18-15-12-9-6-3)57-71-74(67,68)70-56-58(54-63)72-61(65)52-49-46-43-40-37-34-31-26-23-20-17-14-11-8-5-2/h12,15,17,20-21,24,26,31,58-59,63H,4-11,13-14,16,18-19,22-23,25,27-30,32-57H2,1-3H3,(H,67,68)/b15-12-,20-17-,24-21-,31-26-. The molecule has 0 fully saturated rings. The molecule has 2 N–H and O–H groups in total. The fraction of sp³-hybridized carbons (Fsp3) is 0.823. The Morgan fingerprint density at radius 1 is 0.378 bits per heavy atom. The van der Waals surface area contributed by atoms with Gasteiger partial charge in [0.2, 0.25) is 0 Å². The second-order valence-electron chi connectivity index (χ2n) is 20.5. The van der Waals surface area contributed by atoms with Gasteiger partial charge < -0.3 is 24.2 Å². The number of rotatable bonds is 57. The van der Waals surface area contributed by atoms with E-state index < -0.39 is 57.8 Å². The third kappa shape index (κ3) is 54.2. The number of hydrogen-bond acceptors (Lipinski definition) is 10. The van der Waals surface area contributed by atoms with Gasteiger partial charge in [0, 0.05) is 19.3 Å². The van der Waals surface area contributed by atoms with Crippen molar-refractivity contribution in [2.24, 2.45) is 0 Å². The summed E-state index contributed by atoms with van der Waals surface area (Å²) in [6, 6.07) is 0. The maximum absolute atomic E-state index is 12.9. The Balaban J connectivity index is 4.68. The van der Waals surface area contributed by atoms with Crippen molar-refractivity contribution in [1.29, 1.82) is 0 Å². The van der Waals surface area contributed by atoms with Crippen LogP contribution in [-0.4, -0.2) is 66.5 Å². The highest BCUT2D eigenvalue weighted by Gasteiger charge is 2.28. The van der Waals surface area contributed by atoms with Crippen LogP contribution in [0, 0.1) is 0 Å². The lowest BCUT2D eigenvalue weighted by molar-refractivity contribution is -0.161. The van der Waals surface area contributed by atoms with E-state index in [9.17, 15) is 28.9 Å². The summed E-state index contributed by atoms with van der Waals surface area (Å²) >= 11 is 0. The van der Waals surface area contributed by atoms with Crippen LogP contribution in [0.2, 0.25) is 0 Å². The number of phosphoric acid groups is 1. The molecule has 12 heteroatoms. The second-order valence-corrected chi connectivity index (χ2v) is 22.0. The van der Waals surface area contributed by atoms with Crippen LogP contribution in [0.15, 0.2) is 48.6 Å². The Kier molecular flexibility index (Phi) is 54.7. The fourth-order valence-electron chi connectivity index (χ4n) is 8.54. The first-order valence-corrected chi connectivity index (χ1v) is 32.0. The number of aliphatic hydroxyl groups is 1. The second kappa shape index (κ2) is 56.6. The third-order valence-corrected chi connectivity index (χ3v) is 14.2. The maximum atomic E-state index is 12.9. The van der Waals surface area contributed by atoms with Crippen molar-refractivity contribution in [1.82, 2.24) is 0 Å². The minimum atomic E-state index is -4.75. The van der Waals surface area contributed by atoms with E-state index in [-0.39, 0.29) is 25.9 Å². The van der Waals surface area contributed by atoms with Gasteiger partial charge in [-0.1, -0.05) is 243 Å². The van der Waals surface area contributed by atoms with Crippen molar-refractivity contribution < 1.29 is 52.2 Å². The van der Waals surface area contributed by atoms with E-state index in [2.05, 4.69) is 69.4 Å². The fourth-order valence-corrected chi connectivity index (χ4v) is 9.33. The largest absolute Gasteiger partial charge is 0.472 e. The average Bonchev–Trinajstić information content (AvgIpc) is 3.39. The Labute approximate surface area is 453 Å². The molecule has 0 aliphatic carbocycles.